The lowest BCUT2D eigenvalue weighted by Crippen LogP contribution is -2.79. The van der Waals surface area contributed by atoms with Gasteiger partial charge in [0.15, 0.2) is 11.5 Å². The summed E-state index contributed by atoms with van der Waals surface area (Å²) in [6, 6.07) is 9.02. The molecule has 2 aromatic rings. The fourth-order valence-corrected chi connectivity index (χ4v) is 8.29. The molecule has 2 aromatic carbocycles. The molecule has 3 aliphatic carbocycles. The molecule has 3 fully saturated rings. The van der Waals surface area contributed by atoms with Gasteiger partial charge in [0.2, 0.25) is 0 Å². The maximum atomic E-state index is 13.5. The number of piperidine rings is 1. The lowest BCUT2D eigenvalue weighted by molar-refractivity contribution is -0.220. The number of hydrogen-bond donors (Lipinski definition) is 3. The fourth-order valence-electron chi connectivity index (χ4n) is 8.29. The highest BCUT2D eigenvalue weighted by atomic mass is 16.5. The molecule has 2 saturated carbocycles. The number of aromatic hydroxyl groups is 1. The number of fused-ring (bicyclic) bond motifs is 1. The first-order valence-corrected chi connectivity index (χ1v) is 13.0. The Labute approximate surface area is 208 Å². The van der Waals surface area contributed by atoms with Gasteiger partial charge in [-0.15, -0.1) is 0 Å². The molecule has 8 rings (SSSR count). The molecule has 1 saturated heterocycles. The topological polar surface area (TPSA) is 111 Å². The molecule has 0 aromatic heterocycles. The monoisotopic (exact) mass is 488 g/mol. The first-order chi connectivity index (χ1) is 17.4. The third-order valence-corrected chi connectivity index (χ3v) is 9.93. The number of likely N-dealkylation sites (tertiary alicyclic amines) is 1. The Morgan fingerprint density at radius 3 is 2.42 bits per heavy atom. The standard InChI is InChI=1S/C28H28N2O6/c31-19-8-7-17-20-22(19)36-24-18(30-25(33)15-3-1-2-4-16(15)26(30)34)9-10-28(35)23(21(17)32)29(13-14-5-6-14)12-11-27(20,24)28/h1-4,7-8,14,18,21,23-24,31-32,35H,5-6,9-13H2/t18-,21-,23-,24+,27+,28?/m1/s1. The molecule has 36 heavy (non-hydrogen) atoms. The average molecular weight is 489 g/mol. The third kappa shape index (κ3) is 2.28. The van der Waals surface area contributed by atoms with Gasteiger partial charge in [-0.3, -0.25) is 19.4 Å². The van der Waals surface area contributed by atoms with E-state index in [1.54, 1.807) is 30.3 Å². The maximum Gasteiger partial charge on any atom is 0.261 e. The molecule has 2 amide bonds. The number of phenols is 1. The van der Waals surface area contributed by atoms with Gasteiger partial charge in [-0.25, -0.2) is 0 Å². The largest absolute Gasteiger partial charge is 0.504 e. The molecule has 3 N–H and O–H groups in total. The zero-order valence-corrected chi connectivity index (χ0v) is 19.8. The van der Waals surface area contributed by atoms with E-state index in [2.05, 4.69) is 4.90 Å². The minimum atomic E-state index is -1.31. The summed E-state index contributed by atoms with van der Waals surface area (Å²) in [5, 5.41) is 35.0. The van der Waals surface area contributed by atoms with Gasteiger partial charge in [-0.05, 0) is 68.3 Å². The van der Waals surface area contributed by atoms with Gasteiger partial charge in [0.25, 0.3) is 11.8 Å². The molecule has 3 aliphatic heterocycles. The SMILES string of the molecule is O=C1c2ccccc2C(=O)N1[C@@H]1CCC2(O)[C@H]3[C@H](O)c4ccc(O)c5c4[C@@]2(CCN3CC2CC2)[C@H]1O5. The Morgan fingerprint density at radius 1 is 1.00 bits per heavy atom. The van der Waals surface area contributed by atoms with E-state index < -0.39 is 35.3 Å². The van der Waals surface area contributed by atoms with E-state index in [0.29, 0.717) is 54.0 Å². The van der Waals surface area contributed by atoms with E-state index in [-0.39, 0.29) is 23.3 Å². The molecule has 2 bridgehead atoms. The van der Waals surface area contributed by atoms with Crippen molar-refractivity contribution in [1.29, 1.82) is 0 Å². The highest BCUT2D eigenvalue weighted by Crippen LogP contribution is 2.68. The van der Waals surface area contributed by atoms with Crippen LogP contribution in [0.25, 0.3) is 0 Å². The number of ether oxygens (including phenoxy) is 1. The normalized spacial score (nSPS) is 38.1. The Hall–Kier alpha value is -2.94. The van der Waals surface area contributed by atoms with Crippen molar-refractivity contribution in [2.45, 2.75) is 67.4 Å². The van der Waals surface area contributed by atoms with Crippen LogP contribution in [0.5, 0.6) is 11.5 Å². The fraction of sp³-hybridized carbons (Fsp3) is 0.500. The van der Waals surface area contributed by atoms with Crippen LogP contribution in [0.1, 0.15) is 70.1 Å². The van der Waals surface area contributed by atoms with Gasteiger partial charge in [-0.1, -0.05) is 18.2 Å². The lowest BCUT2D eigenvalue weighted by atomic mass is 9.47. The second-order valence-corrected chi connectivity index (χ2v) is 11.5. The van der Waals surface area contributed by atoms with Gasteiger partial charge in [-0.2, -0.15) is 0 Å². The summed E-state index contributed by atoms with van der Waals surface area (Å²) in [7, 11) is 0. The summed E-state index contributed by atoms with van der Waals surface area (Å²) in [6.07, 6.45) is 1.96. The van der Waals surface area contributed by atoms with E-state index in [1.165, 1.54) is 23.8 Å². The van der Waals surface area contributed by atoms with Crippen molar-refractivity contribution < 1.29 is 29.6 Å². The van der Waals surface area contributed by atoms with E-state index in [0.717, 1.165) is 6.54 Å². The number of aliphatic hydroxyl groups is 2. The summed E-state index contributed by atoms with van der Waals surface area (Å²) in [4.78, 5) is 30.5. The molecule has 8 heteroatoms. The zero-order valence-electron chi connectivity index (χ0n) is 19.8. The van der Waals surface area contributed by atoms with Crippen LogP contribution >= 0.6 is 0 Å². The molecule has 8 nitrogen and oxygen atoms in total. The molecule has 1 spiro atoms. The van der Waals surface area contributed by atoms with Crippen LogP contribution in [-0.4, -0.2) is 73.8 Å². The van der Waals surface area contributed by atoms with Crippen molar-refractivity contribution in [2.75, 3.05) is 13.1 Å². The van der Waals surface area contributed by atoms with Crippen molar-refractivity contribution in [3.8, 4) is 11.5 Å². The number of carbonyl (C=O) groups is 2. The molecule has 6 aliphatic rings. The molecular weight excluding hydrogens is 460 g/mol. The van der Waals surface area contributed by atoms with Crippen LogP contribution in [0.4, 0.5) is 0 Å². The van der Waals surface area contributed by atoms with Crippen LogP contribution in [0.3, 0.4) is 0 Å². The van der Waals surface area contributed by atoms with Crippen LogP contribution in [0, 0.1) is 5.92 Å². The van der Waals surface area contributed by atoms with Gasteiger partial charge in [0.1, 0.15) is 6.10 Å². The maximum absolute atomic E-state index is 13.5. The van der Waals surface area contributed by atoms with E-state index in [4.69, 9.17) is 4.74 Å². The number of hydrogen-bond acceptors (Lipinski definition) is 7. The number of benzene rings is 2. The molecule has 1 unspecified atom stereocenters. The summed E-state index contributed by atoms with van der Waals surface area (Å²) >= 11 is 0. The predicted octanol–water partition coefficient (Wildman–Crippen LogP) is 2.11. The van der Waals surface area contributed by atoms with Crippen LogP contribution in [0.15, 0.2) is 36.4 Å². The minimum absolute atomic E-state index is 0.0490. The Bertz CT molecular complexity index is 1320. The quantitative estimate of drug-likeness (QED) is 0.568. The van der Waals surface area contributed by atoms with Crippen LogP contribution in [0.2, 0.25) is 0 Å². The molecule has 0 radical (unpaired) electrons. The zero-order chi connectivity index (χ0) is 24.6. The minimum Gasteiger partial charge on any atom is -0.504 e. The second-order valence-electron chi connectivity index (χ2n) is 11.5. The number of carbonyl (C=O) groups excluding carboxylic acids is 2. The summed E-state index contributed by atoms with van der Waals surface area (Å²) < 4.78 is 6.49. The predicted molar refractivity (Wildman–Crippen MR) is 127 cm³/mol. The molecular formula is C28H28N2O6. The average Bonchev–Trinajstić information content (AvgIpc) is 3.56. The highest BCUT2D eigenvalue weighted by molar-refractivity contribution is 6.21. The van der Waals surface area contributed by atoms with Gasteiger partial charge in [0.05, 0.1) is 40.3 Å². The number of nitrogens with zero attached hydrogens (tertiary/aromatic N) is 2. The highest BCUT2D eigenvalue weighted by Gasteiger charge is 2.75. The second kappa shape index (κ2) is 6.68. The van der Waals surface area contributed by atoms with E-state index in [9.17, 15) is 24.9 Å². The third-order valence-electron chi connectivity index (χ3n) is 9.93. The molecule has 186 valence electrons. The number of imide groups is 1. The van der Waals surface area contributed by atoms with Crippen molar-refractivity contribution in [3.05, 3.63) is 58.7 Å². The lowest BCUT2D eigenvalue weighted by Gasteiger charge is -2.65. The van der Waals surface area contributed by atoms with Crippen LogP contribution in [-0.2, 0) is 5.41 Å². The number of phenolic OH excluding ortho intramolecular Hbond substituents is 1. The molecule has 6 atom stereocenters. The van der Waals surface area contributed by atoms with Gasteiger partial charge >= 0.3 is 0 Å². The van der Waals surface area contributed by atoms with Crippen molar-refractivity contribution >= 4 is 11.8 Å². The van der Waals surface area contributed by atoms with Gasteiger partial charge in [0, 0.05) is 12.1 Å². The first-order valence-electron chi connectivity index (χ1n) is 13.0. The number of amides is 2. The number of rotatable bonds is 3. The first kappa shape index (κ1) is 21.2. The Balaban J connectivity index is 1.30. The van der Waals surface area contributed by atoms with E-state index >= 15 is 0 Å². The van der Waals surface area contributed by atoms with Crippen molar-refractivity contribution in [2.24, 2.45) is 5.92 Å². The summed E-state index contributed by atoms with van der Waals surface area (Å²) in [6.45, 7) is 1.51. The van der Waals surface area contributed by atoms with Crippen LogP contribution < -0.4 is 4.74 Å². The molecule has 3 heterocycles. The Morgan fingerprint density at radius 2 is 1.72 bits per heavy atom. The number of aliphatic hydroxyl groups excluding tert-OH is 1. The van der Waals surface area contributed by atoms with E-state index in [1.807, 2.05) is 0 Å². The smallest absolute Gasteiger partial charge is 0.261 e. The van der Waals surface area contributed by atoms with Gasteiger partial charge < -0.3 is 20.1 Å². The summed E-state index contributed by atoms with van der Waals surface area (Å²) in [5.41, 5.74) is -0.147. The van der Waals surface area contributed by atoms with Crippen molar-refractivity contribution in [1.82, 2.24) is 9.80 Å². The van der Waals surface area contributed by atoms with Crippen molar-refractivity contribution in [3.63, 3.8) is 0 Å². The summed E-state index contributed by atoms with van der Waals surface area (Å²) in [5.74, 6) is 0.131. The Kier molecular flexibility index (Phi) is 3.93.